The predicted octanol–water partition coefficient (Wildman–Crippen LogP) is 1.60. The van der Waals surface area contributed by atoms with E-state index in [-0.39, 0.29) is 11.5 Å². The number of benzene rings is 1. The maximum Gasteiger partial charge on any atom is 0.163 e. The summed E-state index contributed by atoms with van der Waals surface area (Å²) in [5.41, 5.74) is 0.316. The Morgan fingerprint density at radius 1 is 1.50 bits per heavy atom. The van der Waals surface area contributed by atoms with E-state index in [9.17, 15) is 9.90 Å². The average Bonchev–Trinajstić information content (AvgIpc) is 2.03. The molecule has 3 heteroatoms. The minimum absolute atomic E-state index is 0.0400. The van der Waals surface area contributed by atoms with Crippen molar-refractivity contribution in [2.75, 3.05) is 7.11 Å². The van der Waals surface area contributed by atoms with Crippen molar-refractivity contribution in [3.8, 4) is 11.5 Å². The van der Waals surface area contributed by atoms with Crippen LogP contribution in [-0.4, -0.2) is 18.0 Å². The number of ether oxygens (including phenoxy) is 1. The summed E-state index contributed by atoms with van der Waals surface area (Å²) >= 11 is 0. The number of methoxy groups -OCH3 is 1. The van der Waals surface area contributed by atoms with Crippen molar-refractivity contribution < 1.29 is 14.6 Å². The maximum atomic E-state index is 10.9. The van der Waals surface area contributed by atoms with E-state index in [4.69, 9.17) is 4.74 Å². The van der Waals surface area contributed by atoms with Gasteiger partial charge in [-0.3, -0.25) is 4.79 Å². The number of carbonyl (C=O) groups is 1. The summed E-state index contributed by atoms with van der Waals surface area (Å²) in [6.07, 6.45) is 0. The highest BCUT2D eigenvalue weighted by Crippen LogP contribution is 2.23. The molecule has 64 valence electrons. The Kier molecular flexibility index (Phi) is 2.33. The molecular formula is C9H10O3. The molecule has 1 aromatic carbocycles. The summed E-state index contributed by atoms with van der Waals surface area (Å²) in [6, 6.07) is 4.59. The lowest BCUT2D eigenvalue weighted by molar-refractivity contribution is 0.101. The van der Waals surface area contributed by atoms with Crippen molar-refractivity contribution in [1.29, 1.82) is 0 Å². The molecule has 0 aliphatic heterocycles. The first-order valence-corrected chi connectivity index (χ1v) is 3.53. The van der Waals surface area contributed by atoms with E-state index >= 15 is 0 Å². The van der Waals surface area contributed by atoms with Gasteiger partial charge in [0, 0.05) is 6.07 Å². The molecule has 0 heterocycles. The van der Waals surface area contributed by atoms with Crippen molar-refractivity contribution in [3.05, 3.63) is 23.8 Å². The Morgan fingerprint density at radius 3 is 2.58 bits per heavy atom. The number of phenols is 1. The summed E-state index contributed by atoms with van der Waals surface area (Å²) in [7, 11) is 1.50. The van der Waals surface area contributed by atoms with Crippen LogP contribution in [0.15, 0.2) is 18.2 Å². The van der Waals surface area contributed by atoms with Crippen LogP contribution in [0.1, 0.15) is 17.3 Å². The highest BCUT2D eigenvalue weighted by Gasteiger charge is 2.06. The molecule has 0 amide bonds. The van der Waals surface area contributed by atoms with Gasteiger partial charge in [0.15, 0.2) is 5.78 Å². The zero-order valence-electron chi connectivity index (χ0n) is 7.00. The number of Topliss-reactive ketones (excluding diaryl/α,β-unsaturated/α-hetero) is 1. The molecule has 0 saturated heterocycles. The van der Waals surface area contributed by atoms with E-state index in [1.807, 2.05) is 0 Å². The predicted molar refractivity (Wildman–Crippen MR) is 44.7 cm³/mol. The molecule has 12 heavy (non-hydrogen) atoms. The van der Waals surface area contributed by atoms with Crippen LogP contribution in [-0.2, 0) is 0 Å². The molecule has 0 unspecified atom stereocenters. The molecule has 0 aliphatic rings. The summed E-state index contributed by atoms with van der Waals surface area (Å²) in [6.45, 7) is 1.40. The molecule has 0 aromatic heterocycles. The van der Waals surface area contributed by atoms with Crippen LogP contribution in [0.4, 0.5) is 0 Å². The van der Waals surface area contributed by atoms with Crippen LogP contribution in [0.25, 0.3) is 0 Å². The molecule has 1 aromatic rings. The molecule has 0 saturated carbocycles. The standard InChI is InChI=1S/C9H10O3/c1-6(10)8-4-3-7(12-2)5-9(8)11/h3-5,11H,1-2H3/i1+1,6+1. The second-order valence-corrected chi connectivity index (χ2v) is 2.44. The third kappa shape index (κ3) is 1.56. The number of hydrogen-bond donors (Lipinski definition) is 1. The third-order valence-corrected chi connectivity index (χ3v) is 1.58. The van der Waals surface area contributed by atoms with E-state index in [2.05, 4.69) is 0 Å². The molecule has 1 N–H and O–H groups in total. The lowest BCUT2D eigenvalue weighted by atomic mass is 10.2. The van der Waals surface area contributed by atoms with Gasteiger partial charge in [0.25, 0.3) is 0 Å². The van der Waals surface area contributed by atoms with E-state index in [1.54, 1.807) is 6.07 Å². The van der Waals surface area contributed by atoms with Crippen LogP contribution in [0, 0.1) is 0 Å². The quantitative estimate of drug-likeness (QED) is 0.539. The topological polar surface area (TPSA) is 46.5 Å². The second kappa shape index (κ2) is 3.26. The lowest BCUT2D eigenvalue weighted by Crippen LogP contribution is -1.92. The SMILES string of the molecule is COc1ccc([13C]([13CH3])=O)c(O)c1. The molecular weight excluding hydrogens is 158 g/mol. The largest absolute Gasteiger partial charge is 0.507 e. The molecule has 0 radical (unpaired) electrons. The molecule has 0 fully saturated rings. The normalized spacial score (nSPS) is 9.50. The monoisotopic (exact) mass is 168 g/mol. The lowest BCUT2D eigenvalue weighted by Gasteiger charge is -2.02. The number of phenolic OH excluding ortho intramolecular Hbond substituents is 1. The summed E-state index contributed by atoms with van der Waals surface area (Å²) in [4.78, 5) is 10.9. The Labute approximate surface area is 70.6 Å². The highest BCUT2D eigenvalue weighted by molar-refractivity contribution is 5.96. The fourth-order valence-electron chi connectivity index (χ4n) is 0.936. The van der Waals surface area contributed by atoms with Gasteiger partial charge >= 0.3 is 0 Å². The number of hydrogen-bond acceptors (Lipinski definition) is 3. The highest BCUT2D eigenvalue weighted by atomic mass is 16.5. The van der Waals surface area contributed by atoms with E-state index < -0.39 is 0 Å². The number of carbonyl (C=O) groups excluding carboxylic acids is 1. The molecule has 1 rings (SSSR count). The molecule has 0 atom stereocenters. The van der Waals surface area contributed by atoms with E-state index in [1.165, 1.54) is 26.2 Å². The summed E-state index contributed by atoms with van der Waals surface area (Å²) in [5, 5.41) is 9.29. The van der Waals surface area contributed by atoms with Gasteiger partial charge < -0.3 is 9.84 Å². The van der Waals surface area contributed by atoms with Gasteiger partial charge in [-0.05, 0) is 19.1 Å². The van der Waals surface area contributed by atoms with E-state index in [0.29, 0.717) is 11.3 Å². The number of ketones is 1. The van der Waals surface area contributed by atoms with Crippen molar-refractivity contribution >= 4 is 5.78 Å². The first kappa shape index (κ1) is 8.59. The Balaban J connectivity index is 3.12. The average molecular weight is 168 g/mol. The van der Waals surface area contributed by atoms with Crippen LogP contribution < -0.4 is 4.74 Å². The van der Waals surface area contributed by atoms with Gasteiger partial charge in [0.05, 0.1) is 12.7 Å². The zero-order chi connectivity index (χ0) is 9.14. The van der Waals surface area contributed by atoms with Gasteiger partial charge in [0.1, 0.15) is 11.5 Å². The first-order valence-electron chi connectivity index (χ1n) is 3.53. The van der Waals surface area contributed by atoms with Gasteiger partial charge in [-0.15, -0.1) is 0 Å². The summed E-state index contributed by atoms with van der Waals surface area (Å²) < 4.78 is 4.86. The Hall–Kier alpha value is -1.51. The first-order chi connectivity index (χ1) is 5.65. The van der Waals surface area contributed by atoms with Crippen molar-refractivity contribution in [1.82, 2.24) is 0 Å². The van der Waals surface area contributed by atoms with E-state index in [0.717, 1.165) is 0 Å². The maximum absolute atomic E-state index is 10.9. The van der Waals surface area contributed by atoms with Crippen LogP contribution in [0.5, 0.6) is 11.5 Å². The van der Waals surface area contributed by atoms with Crippen LogP contribution in [0.3, 0.4) is 0 Å². The minimum Gasteiger partial charge on any atom is -0.507 e. The Morgan fingerprint density at radius 2 is 2.17 bits per heavy atom. The van der Waals surface area contributed by atoms with Gasteiger partial charge in [-0.1, -0.05) is 0 Å². The van der Waals surface area contributed by atoms with Gasteiger partial charge in [0.2, 0.25) is 0 Å². The second-order valence-electron chi connectivity index (χ2n) is 2.44. The molecule has 0 aliphatic carbocycles. The number of rotatable bonds is 2. The van der Waals surface area contributed by atoms with Crippen LogP contribution in [0.2, 0.25) is 0 Å². The number of aromatic hydroxyl groups is 1. The van der Waals surface area contributed by atoms with Crippen LogP contribution >= 0.6 is 0 Å². The minimum atomic E-state index is -0.157. The fraction of sp³-hybridized carbons (Fsp3) is 0.222. The van der Waals surface area contributed by atoms with Gasteiger partial charge in [-0.2, -0.15) is 0 Å². The van der Waals surface area contributed by atoms with Gasteiger partial charge in [-0.25, -0.2) is 0 Å². The van der Waals surface area contributed by atoms with Crippen molar-refractivity contribution in [2.24, 2.45) is 0 Å². The van der Waals surface area contributed by atoms with Crippen molar-refractivity contribution in [2.45, 2.75) is 6.92 Å². The van der Waals surface area contributed by atoms with Crippen molar-refractivity contribution in [3.63, 3.8) is 0 Å². The molecule has 0 spiro atoms. The zero-order valence-corrected chi connectivity index (χ0v) is 7.00. The molecule has 0 bridgehead atoms. The Bertz CT molecular complexity index is 305. The smallest absolute Gasteiger partial charge is 0.163 e. The third-order valence-electron chi connectivity index (χ3n) is 1.58. The molecule has 3 nitrogen and oxygen atoms in total. The summed E-state index contributed by atoms with van der Waals surface area (Å²) in [5.74, 6) is 0.342. The fourth-order valence-corrected chi connectivity index (χ4v) is 0.936.